The molecule has 2 nitrogen and oxygen atoms in total. The van der Waals surface area contributed by atoms with Gasteiger partial charge < -0.3 is 5.32 Å². The Hall–Kier alpha value is -5.21. The van der Waals surface area contributed by atoms with Gasteiger partial charge in [-0.2, -0.15) is 0 Å². The van der Waals surface area contributed by atoms with Crippen LogP contribution in [0.4, 0.5) is 0 Å². The number of rotatable bonds is 3. The highest BCUT2D eigenvalue weighted by Gasteiger charge is 2.57. The maximum Gasteiger partial charge on any atom is 0.129 e. The second-order valence-electron chi connectivity index (χ2n) is 12.8. The molecule has 5 aromatic carbocycles. The highest BCUT2D eigenvalue weighted by molar-refractivity contribution is 6.00. The number of nitrogens with one attached hydrogen (secondary N) is 1. The lowest BCUT2D eigenvalue weighted by Crippen LogP contribution is -2.39. The Morgan fingerprint density at radius 1 is 0.622 bits per heavy atom. The molecular formula is C43H34N2. The van der Waals surface area contributed by atoms with Crippen LogP contribution in [0, 0.1) is 5.92 Å². The molecule has 216 valence electrons. The molecule has 1 heterocycles. The topological polar surface area (TPSA) is 24.4 Å². The van der Waals surface area contributed by atoms with Crippen molar-refractivity contribution in [2.24, 2.45) is 10.9 Å². The highest BCUT2D eigenvalue weighted by Crippen LogP contribution is 2.65. The minimum Gasteiger partial charge on any atom is -0.359 e. The van der Waals surface area contributed by atoms with Gasteiger partial charge in [-0.05, 0) is 57.0 Å². The summed E-state index contributed by atoms with van der Waals surface area (Å²) in [5.41, 5.74) is 13.1. The van der Waals surface area contributed by atoms with Crippen molar-refractivity contribution in [2.75, 3.05) is 0 Å². The molecule has 1 N–H and O–H groups in total. The van der Waals surface area contributed by atoms with Crippen molar-refractivity contribution in [3.63, 3.8) is 0 Å². The van der Waals surface area contributed by atoms with E-state index in [9.17, 15) is 0 Å². The molecule has 0 aromatic heterocycles. The number of benzene rings is 5. The van der Waals surface area contributed by atoms with Gasteiger partial charge in [0, 0.05) is 17.4 Å². The van der Waals surface area contributed by atoms with Gasteiger partial charge in [0.2, 0.25) is 0 Å². The van der Waals surface area contributed by atoms with Crippen LogP contribution in [0.1, 0.15) is 52.3 Å². The second-order valence-corrected chi connectivity index (χ2v) is 12.8. The summed E-state index contributed by atoms with van der Waals surface area (Å²) in [6, 6.07) is 48.5. The SMILES string of the molecule is CC1=CC(c2ccccc2)N=C(c2ccccc2)NC1C1=CC2C(C=C1)c1ccccc1C21c2ccccc2-c2ccccc21. The van der Waals surface area contributed by atoms with Gasteiger partial charge in [-0.1, -0.05) is 158 Å². The molecule has 0 saturated carbocycles. The van der Waals surface area contributed by atoms with Gasteiger partial charge in [-0.15, -0.1) is 0 Å². The lowest BCUT2D eigenvalue weighted by molar-refractivity contribution is 0.460. The van der Waals surface area contributed by atoms with Gasteiger partial charge in [0.05, 0.1) is 17.5 Å². The van der Waals surface area contributed by atoms with E-state index in [1.807, 2.05) is 0 Å². The third kappa shape index (κ3) is 3.85. The molecule has 0 bridgehead atoms. The number of hydrogen-bond donors (Lipinski definition) is 1. The molecule has 0 saturated heterocycles. The minimum absolute atomic E-state index is 0.00233. The van der Waals surface area contributed by atoms with E-state index >= 15 is 0 Å². The average Bonchev–Trinajstić information content (AvgIpc) is 3.49. The summed E-state index contributed by atoms with van der Waals surface area (Å²) in [6.45, 7) is 2.26. The number of nitrogens with zero attached hydrogens (tertiary/aromatic N) is 1. The predicted molar refractivity (Wildman–Crippen MR) is 184 cm³/mol. The van der Waals surface area contributed by atoms with E-state index in [4.69, 9.17) is 4.99 Å². The molecule has 4 unspecified atom stereocenters. The van der Waals surface area contributed by atoms with Gasteiger partial charge in [0.25, 0.3) is 0 Å². The largest absolute Gasteiger partial charge is 0.359 e. The molecule has 0 fully saturated rings. The molecule has 1 aliphatic heterocycles. The quantitative estimate of drug-likeness (QED) is 0.212. The number of fused-ring (bicyclic) bond motifs is 10. The predicted octanol–water partition coefficient (Wildman–Crippen LogP) is 9.32. The standard InChI is InChI=1S/C43H34N2/c1-28-26-40(29-14-4-2-5-15-29)44-42(30-16-6-3-7-17-30)45-41(28)31-24-25-35-34-20-10-13-23-38(34)43(39(35)27-31)36-21-11-8-18-32(36)33-19-9-12-22-37(33)43/h2-27,35,39-41H,1H3,(H,44,45). The van der Waals surface area contributed by atoms with Crippen LogP contribution in [-0.4, -0.2) is 11.9 Å². The van der Waals surface area contributed by atoms with E-state index in [2.05, 4.69) is 170 Å². The summed E-state index contributed by atoms with van der Waals surface area (Å²) >= 11 is 0. The molecular weight excluding hydrogens is 544 g/mol. The minimum atomic E-state index is -0.240. The Kier molecular flexibility index (Phi) is 5.93. The lowest BCUT2D eigenvalue weighted by atomic mass is 9.64. The van der Waals surface area contributed by atoms with Crippen molar-refractivity contribution in [1.29, 1.82) is 0 Å². The molecule has 3 aliphatic carbocycles. The average molecular weight is 579 g/mol. The molecule has 0 amide bonds. The number of hydrogen-bond acceptors (Lipinski definition) is 2. The van der Waals surface area contributed by atoms with Crippen molar-refractivity contribution >= 4 is 5.84 Å². The first-order valence-corrected chi connectivity index (χ1v) is 16.0. The smallest absolute Gasteiger partial charge is 0.129 e. The van der Waals surface area contributed by atoms with Crippen LogP contribution in [0.3, 0.4) is 0 Å². The Bertz CT molecular complexity index is 2020. The third-order valence-electron chi connectivity index (χ3n) is 10.4. The summed E-state index contributed by atoms with van der Waals surface area (Å²) in [5.74, 6) is 1.48. The van der Waals surface area contributed by atoms with Gasteiger partial charge in [-0.3, -0.25) is 4.99 Å². The molecule has 2 heteroatoms. The summed E-state index contributed by atoms with van der Waals surface area (Å²) in [5, 5.41) is 3.93. The van der Waals surface area contributed by atoms with Crippen molar-refractivity contribution in [2.45, 2.75) is 30.3 Å². The van der Waals surface area contributed by atoms with Crippen LogP contribution in [0.2, 0.25) is 0 Å². The zero-order chi connectivity index (χ0) is 30.0. The normalized spacial score (nSPS) is 23.4. The van der Waals surface area contributed by atoms with Crippen molar-refractivity contribution < 1.29 is 0 Å². The van der Waals surface area contributed by atoms with Crippen LogP contribution in [-0.2, 0) is 5.41 Å². The Morgan fingerprint density at radius 3 is 1.93 bits per heavy atom. The molecule has 45 heavy (non-hydrogen) atoms. The number of aliphatic imine (C=N–C) groups is 1. The Morgan fingerprint density at radius 2 is 1.22 bits per heavy atom. The van der Waals surface area contributed by atoms with Crippen molar-refractivity contribution in [1.82, 2.24) is 5.32 Å². The van der Waals surface area contributed by atoms with E-state index in [1.165, 1.54) is 50.1 Å². The van der Waals surface area contributed by atoms with E-state index in [0.717, 1.165) is 11.4 Å². The maximum atomic E-state index is 5.32. The molecule has 1 spiro atoms. The fourth-order valence-electron chi connectivity index (χ4n) is 8.56. The fourth-order valence-corrected chi connectivity index (χ4v) is 8.56. The molecule has 5 aromatic rings. The third-order valence-corrected chi connectivity index (χ3v) is 10.4. The molecule has 4 aliphatic rings. The van der Waals surface area contributed by atoms with E-state index in [0.29, 0.717) is 5.92 Å². The lowest BCUT2D eigenvalue weighted by Gasteiger charge is -2.37. The molecule has 9 rings (SSSR count). The van der Waals surface area contributed by atoms with Gasteiger partial charge >= 0.3 is 0 Å². The summed E-state index contributed by atoms with van der Waals surface area (Å²) in [4.78, 5) is 5.32. The van der Waals surface area contributed by atoms with Crippen LogP contribution < -0.4 is 5.32 Å². The first kappa shape index (κ1) is 26.2. The second kappa shape index (κ2) is 10.2. The van der Waals surface area contributed by atoms with E-state index < -0.39 is 0 Å². The van der Waals surface area contributed by atoms with E-state index in [1.54, 1.807) is 0 Å². The van der Waals surface area contributed by atoms with Gasteiger partial charge in [0.1, 0.15) is 5.84 Å². The van der Waals surface area contributed by atoms with Gasteiger partial charge in [-0.25, -0.2) is 0 Å². The van der Waals surface area contributed by atoms with E-state index in [-0.39, 0.29) is 23.4 Å². The Balaban J connectivity index is 1.22. The fraction of sp³-hybridized carbons (Fsp3) is 0.140. The summed E-state index contributed by atoms with van der Waals surface area (Å²) in [6.07, 6.45) is 9.81. The summed E-state index contributed by atoms with van der Waals surface area (Å²) in [7, 11) is 0. The zero-order valence-corrected chi connectivity index (χ0v) is 25.3. The monoisotopic (exact) mass is 578 g/mol. The maximum absolute atomic E-state index is 5.32. The van der Waals surface area contributed by atoms with Crippen molar-refractivity contribution in [3.8, 4) is 11.1 Å². The van der Waals surface area contributed by atoms with Crippen LogP contribution in [0.15, 0.2) is 174 Å². The Labute approximate surface area is 265 Å². The number of allylic oxidation sites excluding steroid dienone is 2. The van der Waals surface area contributed by atoms with Crippen LogP contribution in [0.5, 0.6) is 0 Å². The number of amidine groups is 1. The molecule has 0 radical (unpaired) electrons. The summed E-state index contributed by atoms with van der Waals surface area (Å²) < 4.78 is 0. The first-order valence-electron chi connectivity index (χ1n) is 16.0. The first-order chi connectivity index (χ1) is 22.2. The molecule has 4 atom stereocenters. The van der Waals surface area contributed by atoms with Crippen molar-refractivity contribution in [3.05, 3.63) is 202 Å². The zero-order valence-electron chi connectivity index (χ0n) is 25.3. The van der Waals surface area contributed by atoms with Crippen LogP contribution >= 0.6 is 0 Å². The highest BCUT2D eigenvalue weighted by atomic mass is 15.0. The van der Waals surface area contributed by atoms with Crippen LogP contribution in [0.25, 0.3) is 11.1 Å². The van der Waals surface area contributed by atoms with Gasteiger partial charge in [0.15, 0.2) is 0 Å².